The minimum Gasteiger partial charge on any atom is -0.371 e. The summed E-state index contributed by atoms with van der Waals surface area (Å²) in [6, 6.07) is 5.98. The molecule has 1 unspecified atom stereocenters. The van der Waals surface area contributed by atoms with E-state index in [-0.39, 0.29) is 0 Å². The molecule has 0 aliphatic carbocycles. The van der Waals surface area contributed by atoms with E-state index in [0.29, 0.717) is 0 Å². The van der Waals surface area contributed by atoms with E-state index >= 15 is 0 Å². The highest BCUT2D eigenvalue weighted by Gasteiger charge is 2.58. The number of nitro groups is 1. The maximum Gasteiger partial charge on any atom is 0.428 e. The molecular formula is C9H8F3NO3. The first-order valence-corrected chi connectivity index (χ1v) is 4.24. The SMILES string of the molecule is O=[N+]([O-])CC(O)(c1ccccc1)C(F)(F)F. The molecule has 4 nitrogen and oxygen atoms in total. The Morgan fingerprint density at radius 1 is 1.25 bits per heavy atom. The van der Waals surface area contributed by atoms with E-state index in [1.54, 1.807) is 0 Å². The van der Waals surface area contributed by atoms with Crippen LogP contribution in [-0.2, 0) is 5.60 Å². The normalized spacial score (nSPS) is 15.5. The Bertz CT molecular complexity index is 379. The Morgan fingerprint density at radius 2 is 1.75 bits per heavy atom. The highest BCUT2D eigenvalue weighted by molar-refractivity contribution is 5.24. The first kappa shape index (κ1) is 12.4. The number of hydrogen-bond donors (Lipinski definition) is 1. The highest BCUT2D eigenvalue weighted by Crippen LogP contribution is 2.38. The minimum atomic E-state index is -5.10. The van der Waals surface area contributed by atoms with Crippen molar-refractivity contribution >= 4 is 0 Å². The van der Waals surface area contributed by atoms with Gasteiger partial charge in [-0.05, 0) is 5.56 Å². The van der Waals surface area contributed by atoms with Crippen LogP contribution in [-0.4, -0.2) is 22.8 Å². The van der Waals surface area contributed by atoms with Crippen LogP contribution in [0.2, 0.25) is 0 Å². The molecule has 0 heterocycles. The molecule has 0 saturated carbocycles. The Balaban J connectivity index is 3.21. The monoisotopic (exact) mass is 235 g/mol. The summed E-state index contributed by atoms with van der Waals surface area (Å²) in [7, 11) is 0. The van der Waals surface area contributed by atoms with Crippen molar-refractivity contribution in [2.45, 2.75) is 11.8 Å². The van der Waals surface area contributed by atoms with Crippen LogP contribution in [0.5, 0.6) is 0 Å². The fourth-order valence-electron chi connectivity index (χ4n) is 1.25. The Labute approximate surface area is 88.5 Å². The molecule has 0 fully saturated rings. The van der Waals surface area contributed by atoms with Gasteiger partial charge in [0.05, 0.1) is 0 Å². The highest BCUT2D eigenvalue weighted by atomic mass is 19.4. The zero-order valence-corrected chi connectivity index (χ0v) is 7.94. The molecular weight excluding hydrogens is 227 g/mol. The number of alkyl halides is 3. The van der Waals surface area contributed by atoms with E-state index in [1.807, 2.05) is 0 Å². The standard InChI is InChI=1S/C9H8F3NO3/c10-9(11,12)8(14,6-13(15)16)7-4-2-1-3-5-7/h1-5,14H,6H2. The summed E-state index contributed by atoms with van der Waals surface area (Å²) in [5, 5.41) is 19.6. The molecule has 7 heteroatoms. The topological polar surface area (TPSA) is 63.4 Å². The van der Waals surface area contributed by atoms with Crippen LogP contribution in [0.3, 0.4) is 0 Å². The van der Waals surface area contributed by atoms with Gasteiger partial charge < -0.3 is 5.11 Å². The third kappa shape index (κ3) is 2.30. The molecule has 0 amide bonds. The molecule has 0 aromatic heterocycles. The van der Waals surface area contributed by atoms with E-state index in [1.165, 1.54) is 18.2 Å². The van der Waals surface area contributed by atoms with Gasteiger partial charge in [0.25, 0.3) is 5.60 Å². The summed E-state index contributed by atoms with van der Waals surface area (Å²) < 4.78 is 37.8. The molecule has 1 rings (SSSR count). The van der Waals surface area contributed by atoms with Crippen LogP contribution < -0.4 is 0 Å². The second kappa shape index (κ2) is 4.09. The first-order valence-electron chi connectivity index (χ1n) is 4.24. The second-order valence-corrected chi connectivity index (χ2v) is 3.21. The van der Waals surface area contributed by atoms with Crippen LogP contribution in [0.15, 0.2) is 30.3 Å². The van der Waals surface area contributed by atoms with Crippen LogP contribution in [0.4, 0.5) is 13.2 Å². The zero-order valence-electron chi connectivity index (χ0n) is 7.94. The smallest absolute Gasteiger partial charge is 0.371 e. The van der Waals surface area contributed by atoms with Gasteiger partial charge in [0.1, 0.15) is 0 Å². The average molecular weight is 235 g/mol. The molecule has 1 aromatic rings. The molecule has 16 heavy (non-hydrogen) atoms. The molecule has 88 valence electrons. The fourth-order valence-corrected chi connectivity index (χ4v) is 1.25. The van der Waals surface area contributed by atoms with E-state index in [2.05, 4.69) is 0 Å². The molecule has 0 bridgehead atoms. The average Bonchev–Trinajstić information content (AvgIpc) is 2.16. The van der Waals surface area contributed by atoms with Gasteiger partial charge in [-0.2, -0.15) is 13.2 Å². The van der Waals surface area contributed by atoms with Crippen LogP contribution in [0.1, 0.15) is 5.56 Å². The number of rotatable bonds is 3. The van der Waals surface area contributed by atoms with E-state index in [0.717, 1.165) is 12.1 Å². The summed E-state index contributed by atoms with van der Waals surface area (Å²) in [5.41, 5.74) is -3.99. The third-order valence-corrected chi connectivity index (χ3v) is 2.08. The lowest BCUT2D eigenvalue weighted by Gasteiger charge is -2.26. The van der Waals surface area contributed by atoms with E-state index in [9.17, 15) is 28.4 Å². The molecule has 0 spiro atoms. The maximum absolute atomic E-state index is 12.6. The van der Waals surface area contributed by atoms with Crippen molar-refractivity contribution in [1.82, 2.24) is 0 Å². The van der Waals surface area contributed by atoms with E-state index < -0.39 is 28.8 Å². The molecule has 0 aliphatic heterocycles. The Kier molecular flexibility index (Phi) is 3.18. The van der Waals surface area contributed by atoms with Crippen molar-refractivity contribution in [3.05, 3.63) is 46.0 Å². The van der Waals surface area contributed by atoms with Crippen molar-refractivity contribution in [3.63, 3.8) is 0 Å². The third-order valence-electron chi connectivity index (χ3n) is 2.08. The molecule has 1 aromatic carbocycles. The van der Waals surface area contributed by atoms with Gasteiger partial charge in [-0.1, -0.05) is 30.3 Å². The van der Waals surface area contributed by atoms with Crippen molar-refractivity contribution < 1.29 is 23.2 Å². The lowest BCUT2D eigenvalue weighted by molar-refractivity contribution is -0.519. The zero-order chi connectivity index (χ0) is 12.4. The molecule has 1 atom stereocenters. The number of hydrogen-bond acceptors (Lipinski definition) is 3. The molecule has 1 N–H and O–H groups in total. The summed E-state index contributed by atoms with van der Waals surface area (Å²) in [5.74, 6) is 0. The first-order chi connectivity index (χ1) is 7.27. The van der Waals surface area contributed by atoms with Crippen molar-refractivity contribution in [2.24, 2.45) is 0 Å². The summed E-state index contributed by atoms with van der Waals surface area (Å²) in [6.45, 7) is -1.61. The van der Waals surface area contributed by atoms with Gasteiger partial charge in [-0.3, -0.25) is 10.1 Å². The number of aliphatic hydroxyl groups is 1. The molecule has 0 radical (unpaired) electrons. The van der Waals surface area contributed by atoms with Crippen molar-refractivity contribution in [2.75, 3.05) is 6.54 Å². The van der Waals surface area contributed by atoms with Gasteiger partial charge in [-0.25, -0.2) is 0 Å². The second-order valence-electron chi connectivity index (χ2n) is 3.21. The lowest BCUT2D eigenvalue weighted by Crippen LogP contribution is -2.47. The minimum absolute atomic E-state index is 0.542. The van der Waals surface area contributed by atoms with Gasteiger partial charge in [0.15, 0.2) is 0 Å². The predicted octanol–water partition coefficient (Wildman–Crippen LogP) is 1.71. The van der Waals surface area contributed by atoms with Crippen molar-refractivity contribution in [1.29, 1.82) is 0 Å². The molecule has 0 saturated heterocycles. The van der Waals surface area contributed by atoms with Gasteiger partial charge >= 0.3 is 6.18 Å². The summed E-state index contributed by atoms with van der Waals surface area (Å²) in [6.07, 6.45) is -5.10. The maximum atomic E-state index is 12.6. The van der Waals surface area contributed by atoms with Gasteiger partial charge in [0.2, 0.25) is 6.54 Å². The summed E-state index contributed by atoms with van der Waals surface area (Å²) in [4.78, 5) is 8.99. The quantitative estimate of drug-likeness (QED) is 0.640. The van der Waals surface area contributed by atoms with Crippen LogP contribution in [0, 0.1) is 10.1 Å². The fraction of sp³-hybridized carbons (Fsp3) is 0.333. The van der Waals surface area contributed by atoms with Crippen molar-refractivity contribution in [3.8, 4) is 0 Å². The molecule has 0 aliphatic rings. The van der Waals surface area contributed by atoms with Gasteiger partial charge in [-0.15, -0.1) is 0 Å². The van der Waals surface area contributed by atoms with Gasteiger partial charge in [0, 0.05) is 4.92 Å². The number of nitrogens with zero attached hydrogens (tertiary/aromatic N) is 1. The number of halogens is 3. The Morgan fingerprint density at radius 3 is 2.12 bits per heavy atom. The van der Waals surface area contributed by atoms with E-state index in [4.69, 9.17) is 0 Å². The predicted molar refractivity (Wildman–Crippen MR) is 48.3 cm³/mol. The van der Waals surface area contributed by atoms with Crippen LogP contribution >= 0.6 is 0 Å². The number of benzene rings is 1. The summed E-state index contributed by atoms with van der Waals surface area (Å²) >= 11 is 0. The lowest BCUT2D eigenvalue weighted by atomic mass is 9.93. The van der Waals surface area contributed by atoms with Crippen LogP contribution in [0.25, 0.3) is 0 Å². The Hall–Kier alpha value is -1.63. The largest absolute Gasteiger partial charge is 0.428 e.